The third-order valence-corrected chi connectivity index (χ3v) is 3.49. The largest absolute Gasteiger partial charge is 0.479 e. The smallest absolute Gasteiger partial charge is 0.347 e. The Morgan fingerprint density at radius 3 is 2.28 bits per heavy atom. The average molecular weight is 338 g/mol. The Bertz CT molecular complexity index is 818. The van der Waals surface area contributed by atoms with Gasteiger partial charge in [-0.05, 0) is 38.1 Å². The van der Waals surface area contributed by atoms with Crippen molar-refractivity contribution in [1.29, 1.82) is 0 Å². The average Bonchev–Trinajstić information content (AvgIpc) is 3.13. The molecule has 1 heterocycles. The number of esters is 1. The molecule has 0 amide bonds. The van der Waals surface area contributed by atoms with Crippen LogP contribution in [0.4, 0.5) is 0 Å². The van der Waals surface area contributed by atoms with Crippen molar-refractivity contribution in [2.75, 3.05) is 0 Å². The second-order valence-corrected chi connectivity index (χ2v) is 5.46. The van der Waals surface area contributed by atoms with Crippen LogP contribution in [0.5, 0.6) is 5.75 Å². The van der Waals surface area contributed by atoms with E-state index < -0.39 is 18.2 Å². The van der Waals surface area contributed by atoms with E-state index in [0.29, 0.717) is 11.6 Å². The zero-order chi connectivity index (χ0) is 17.6. The molecule has 0 aliphatic rings. The fourth-order valence-corrected chi connectivity index (χ4v) is 2.17. The number of rotatable bonds is 6. The van der Waals surface area contributed by atoms with Crippen LogP contribution < -0.4 is 4.74 Å². The molecule has 0 aliphatic carbocycles. The molecule has 6 nitrogen and oxygen atoms in total. The van der Waals surface area contributed by atoms with E-state index in [1.807, 2.05) is 48.5 Å². The van der Waals surface area contributed by atoms with Gasteiger partial charge in [0, 0.05) is 5.56 Å². The van der Waals surface area contributed by atoms with Gasteiger partial charge in [-0.1, -0.05) is 36.4 Å². The van der Waals surface area contributed by atoms with E-state index in [0.717, 1.165) is 5.56 Å². The minimum Gasteiger partial charge on any atom is -0.479 e. The highest BCUT2D eigenvalue weighted by molar-refractivity contribution is 5.74. The first kappa shape index (κ1) is 16.7. The Hall–Kier alpha value is -3.15. The van der Waals surface area contributed by atoms with E-state index in [1.165, 1.54) is 0 Å². The van der Waals surface area contributed by atoms with Crippen LogP contribution in [-0.2, 0) is 9.53 Å². The molecule has 1 aromatic heterocycles. The van der Waals surface area contributed by atoms with Crippen molar-refractivity contribution in [3.05, 3.63) is 66.6 Å². The maximum atomic E-state index is 12.2. The summed E-state index contributed by atoms with van der Waals surface area (Å²) in [6.07, 6.45) is -1.42. The molecule has 3 aromatic rings. The maximum Gasteiger partial charge on any atom is 0.347 e. The minimum absolute atomic E-state index is 0.235. The second-order valence-electron chi connectivity index (χ2n) is 5.46. The van der Waals surface area contributed by atoms with Crippen LogP contribution in [0, 0.1) is 0 Å². The summed E-state index contributed by atoms with van der Waals surface area (Å²) in [4.78, 5) is 12.2. The molecule has 0 saturated heterocycles. The zero-order valence-electron chi connectivity index (χ0n) is 14.0. The highest BCUT2D eigenvalue weighted by atomic mass is 16.6. The first-order valence-electron chi connectivity index (χ1n) is 7.94. The number of hydrogen-bond donors (Lipinski definition) is 0. The predicted molar refractivity (Wildman–Crippen MR) is 90.8 cm³/mol. The maximum absolute atomic E-state index is 12.2. The van der Waals surface area contributed by atoms with E-state index in [1.54, 1.807) is 26.0 Å². The van der Waals surface area contributed by atoms with Gasteiger partial charge >= 0.3 is 5.97 Å². The Balaban J connectivity index is 1.61. The summed E-state index contributed by atoms with van der Waals surface area (Å²) in [5.41, 5.74) is 0.806. The summed E-state index contributed by atoms with van der Waals surface area (Å²) in [5.74, 6) is 0.714. The van der Waals surface area contributed by atoms with Gasteiger partial charge in [-0.3, -0.25) is 0 Å². The predicted octanol–water partition coefficient (Wildman–Crippen LogP) is 3.81. The van der Waals surface area contributed by atoms with Crippen LogP contribution in [0.15, 0.2) is 65.1 Å². The summed E-state index contributed by atoms with van der Waals surface area (Å²) in [6.45, 7) is 3.31. The molecular formula is C19H18N2O4. The monoisotopic (exact) mass is 338 g/mol. The first-order valence-corrected chi connectivity index (χ1v) is 7.94. The van der Waals surface area contributed by atoms with Crippen molar-refractivity contribution in [3.63, 3.8) is 0 Å². The topological polar surface area (TPSA) is 74.5 Å². The molecule has 0 fully saturated rings. The molecule has 2 aromatic carbocycles. The number of aromatic nitrogens is 2. The molecule has 128 valence electrons. The van der Waals surface area contributed by atoms with E-state index >= 15 is 0 Å². The molecular weight excluding hydrogens is 320 g/mol. The molecule has 2 atom stereocenters. The number of carbonyl (C=O) groups excluding carboxylic acids is 1. The molecule has 2 unspecified atom stereocenters. The standard InChI is InChI=1S/C19H18N2O4/c1-13(17-20-21-18(25-17)15-9-5-3-6-10-15)24-19(22)14(2)23-16-11-7-4-8-12-16/h3-14H,1-2H3. The number of ether oxygens (including phenoxy) is 2. The van der Waals surface area contributed by atoms with Crippen molar-refractivity contribution >= 4 is 5.97 Å². The van der Waals surface area contributed by atoms with Gasteiger partial charge < -0.3 is 13.9 Å². The van der Waals surface area contributed by atoms with Crippen LogP contribution in [-0.4, -0.2) is 22.3 Å². The van der Waals surface area contributed by atoms with Crippen molar-refractivity contribution < 1.29 is 18.7 Å². The Kier molecular flexibility index (Phi) is 5.09. The SMILES string of the molecule is CC(Oc1ccccc1)C(=O)OC(C)c1nnc(-c2ccccc2)o1. The number of hydrogen-bond acceptors (Lipinski definition) is 6. The number of benzene rings is 2. The van der Waals surface area contributed by atoms with E-state index in [9.17, 15) is 4.79 Å². The number of para-hydroxylation sites is 1. The first-order chi connectivity index (χ1) is 12.1. The third-order valence-electron chi connectivity index (χ3n) is 3.49. The van der Waals surface area contributed by atoms with Crippen molar-refractivity contribution in [1.82, 2.24) is 10.2 Å². The van der Waals surface area contributed by atoms with Crippen LogP contribution in [0.2, 0.25) is 0 Å². The molecule has 0 bridgehead atoms. The lowest BCUT2D eigenvalue weighted by Crippen LogP contribution is -2.27. The van der Waals surface area contributed by atoms with Gasteiger partial charge in [0.25, 0.3) is 5.89 Å². The normalized spacial score (nSPS) is 13.0. The quantitative estimate of drug-likeness (QED) is 0.636. The third kappa shape index (κ3) is 4.23. The molecule has 3 rings (SSSR count). The highest BCUT2D eigenvalue weighted by Crippen LogP contribution is 2.22. The van der Waals surface area contributed by atoms with Gasteiger partial charge in [-0.2, -0.15) is 0 Å². The van der Waals surface area contributed by atoms with Gasteiger partial charge in [-0.25, -0.2) is 4.79 Å². The molecule has 25 heavy (non-hydrogen) atoms. The lowest BCUT2D eigenvalue weighted by Gasteiger charge is -2.16. The summed E-state index contributed by atoms with van der Waals surface area (Å²) in [5, 5.41) is 7.94. The fourth-order valence-electron chi connectivity index (χ4n) is 2.17. The summed E-state index contributed by atoms with van der Waals surface area (Å²) >= 11 is 0. The van der Waals surface area contributed by atoms with Crippen molar-refractivity contribution in [2.45, 2.75) is 26.1 Å². The molecule has 0 aliphatic heterocycles. The van der Waals surface area contributed by atoms with E-state index in [4.69, 9.17) is 13.9 Å². The number of nitrogens with zero attached hydrogens (tertiary/aromatic N) is 2. The molecule has 0 N–H and O–H groups in total. The van der Waals surface area contributed by atoms with Crippen LogP contribution in [0.25, 0.3) is 11.5 Å². The van der Waals surface area contributed by atoms with Gasteiger partial charge in [0.05, 0.1) is 0 Å². The van der Waals surface area contributed by atoms with E-state index in [2.05, 4.69) is 10.2 Å². The highest BCUT2D eigenvalue weighted by Gasteiger charge is 2.23. The second kappa shape index (κ2) is 7.61. The van der Waals surface area contributed by atoms with Crippen molar-refractivity contribution in [3.8, 4) is 17.2 Å². The molecule has 0 spiro atoms. The van der Waals surface area contributed by atoms with Crippen LogP contribution >= 0.6 is 0 Å². The van der Waals surface area contributed by atoms with Gasteiger partial charge in [0.2, 0.25) is 5.89 Å². The molecule has 6 heteroatoms. The zero-order valence-corrected chi connectivity index (χ0v) is 14.0. The summed E-state index contributed by atoms with van der Waals surface area (Å²) in [6, 6.07) is 18.5. The van der Waals surface area contributed by atoms with E-state index in [-0.39, 0.29) is 5.89 Å². The van der Waals surface area contributed by atoms with Gasteiger partial charge in [0.15, 0.2) is 12.2 Å². The fraction of sp³-hybridized carbons (Fsp3) is 0.211. The minimum atomic E-state index is -0.749. The van der Waals surface area contributed by atoms with Crippen LogP contribution in [0.3, 0.4) is 0 Å². The molecule has 0 saturated carbocycles. The van der Waals surface area contributed by atoms with Gasteiger partial charge in [0.1, 0.15) is 5.75 Å². The lowest BCUT2D eigenvalue weighted by atomic mass is 10.2. The molecule has 0 radical (unpaired) electrons. The Labute approximate surface area is 145 Å². The van der Waals surface area contributed by atoms with Crippen LogP contribution in [0.1, 0.15) is 25.8 Å². The lowest BCUT2D eigenvalue weighted by molar-refractivity contribution is -0.157. The Morgan fingerprint density at radius 1 is 0.960 bits per heavy atom. The Morgan fingerprint density at radius 2 is 1.60 bits per heavy atom. The summed E-state index contributed by atoms with van der Waals surface area (Å²) in [7, 11) is 0. The van der Waals surface area contributed by atoms with Gasteiger partial charge in [-0.15, -0.1) is 10.2 Å². The summed E-state index contributed by atoms with van der Waals surface area (Å²) < 4.78 is 16.5. The van der Waals surface area contributed by atoms with Crippen molar-refractivity contribution in [2.24, 2.45) is 0 Å². The number of carbonyl (C=O) groups is 1.